The third-order valence-electron chi connectivity index (χ3n) is 7.25. The van der Waals surface area contributed by atoms with Gasteiger partial charge in [-0.15, -0.1) is 0 Å². The van der Waals surface area contributed by atoms with Crippen LogP contribution in [0.3, 0.4) is 0 Å². The molecular weight excluding hydrogens is 384 g/mol. The van der Waals surface area contributed by atoms with Crippen molar-refractivity contribution in [2.24, 2.45) is 0 Å². The molecule has 5 rings (SSSR count). The summed E-state index contributed by atoms with van der Waals surface area (Å²) < 4.78 is 8.18. The maximum absolute atomic E-state index is 5.76. The zero-order chi connectivity index (χ0) is 21.4. The van der Waals surface area contributed by atoms with Crippen LogP contribution in [-0.2, 0) is 11.3 Å². The number of para-hydroxylation sites is 1. The highest BCUT2D eigenvalue weighted by Gasteiger charge is 2.44. The summed E-state index contributed by atoms with van der Waals surface area (Å²) in [6.45, 7) is 8.92. The van der Waals surface area contributed by atoms with E-state index in [9.17, 15) is 0 Å². The van der Waals surface area contributed by atoms with Crippen LogP contribution in [0.5, 0.6) is 0 Å². The van der Waals surface area contributed by atoms with Crippen LogP contribution in [-0.4, -0.2) is 58.2 Å². The first kappa shape index (κ1) is 20.7. The Morgan fingerprint density at radius 2 is 1.81 bits per heavy atom. The van der Waals surface area contributed by atoms with Crippen molar-refractivity contribution < 1.29 is 4.74 Å². The molecule has 2 aliphatic rings. The van der Waals surface area contributed by atoms with E-state index in [2.05, 4.69) is 75.8 Å². The number of nitrogens with zero attached hydrogens (tertiary/aromatic N) is 4. The van der Waals surface area contributed by atoms with E-state index in [0.717, 1.165) is 26.2 Å². The molecule has 0 spiro atoms. The lowest BCUT2D eigenvalue weighted by Crippen LogP contribution is -2.60. The number of hydrogen-bond donors (Lipinski definition) is 0. The second kappa shape index (κ2) is 8.73. The van der Waals surface area contributed by atoms with Gasteiger partial charge in [0.1, 0.15) is 0 Å². The summed E-state index contributed by atoms with van der Waals surface area (Å²) in [5, 5.41) is 1.40. The third-order valence-corrected chi connectivity index (χ3v) is 7.25. The Balaban J connectivity index is 1.25. The molecule has 164 valence electrons. The standard InChI is InChI=1S/C26H34N4O/c1-19(2)29-17-21(23-6-4-5-7-24(23)29)16-28-14-10-22(11-15-28)30-18-25(31-3)26(30)20-8-12-27-13-9-20/h4-9,12-13,17,19,22,25-26H,10-11,14-16,18H2,1-3H3/t25-,26-/m0/s1. The second-order valence-corrected chi connectivity index (χ2v) is 9.38. The van der Waals surface area contributed by atoms with Gasteiger partial charge in [-0.2, -0.15) is 0 Å². The zero-order valence-electron chi connectivity index (χ0n) is 18.9. The first-order valence-corrected chi connectivity index (χ1v) is 11.6. The van der Waals surface area contributed by atoms with Crippen LogP contribution in [0.1, 0.15) is 49.9 Å². The Morgan fingerprint density at radius 1 is 1.06 bits per heavy atom. The molecular formula is C26H34N4O. The van der Waals surface area contributed by atoms with Gasteiger partial charge in [0.25, 0.3) is 0 Å². The average molecular weight is 419 g/mol. The predicted molar refractivity (Wildman–Crippen MR) is 125 cm³/mol. The molecule has 3 aromatic rings. The monoisotopic (exact) mass is 418 g/mol. The maximum Gasteiger partial charge on any atom is 0.0895 e. The Morgan fingerprint density at radius 3 is 2.52 bits per heavy atom. The minimum absolute atomic E-state index is 0.294. The van der Waals surface area contributed by atoms with E-state index in [1.165, 1.54) is 34.9 Å². The molecule has 2 aliphatic heterocycles. The highest BCUT2D eigenvalue weighted by atomic mass is 16.5. The van der Waals surface area contributed by atoms with Gasteiger partial charge in [-0.05, 0) is 69.1 Å². The van der Waals surface area contributed by atoms with E-state index in [1.54, 1.807) is 0 Å². The topological polar surface area (TPSA) is 33.5 Å². The molecule has 2 saturated heterocycles. The number of fused-ring (bicyclic) bond motifs is 1. The number of hydrogen-bond acceptors (Lipinski definition) is 4. The van der Waals surface area contributed by atoms with Gasteiger partial charge in [0, 0.05) is 61.8 Å². The number of aromatic nitrogens is 2. The minimum atomic E-state index is 0.294. The quantitative estimate of drug-likeness (QED) is 0.583. The molecule has 0 saturated carbocycles. The van der Waals surface area contributed by atoms with Crippen LogP contribution in [0.2, 0.25) is 0 Å². The van der Waals surface area contributed by atoms with Crippen LogP contribution >= 0.6 is 0 Å². The van der Waals surface area contributed by atoms with Gasteiger partial charge < -0.3 is 9.30 Å². The molecule has 2 atom stereocenters. The van der Waals surface area contributed by atoms with E-state index in [1.807, 2.05) is 19.5 Å². The first-order chi connectivity index (χ1) is 15.2. The van der Waals surface area contributed by atoms with Crippen molar-refractivity contribution in [1.29, 1.82) is 0 Å². The number of rotatable bonds is 6. The summed E-state index contributed by atoms with van der Waals surface area (Å²) in [4.78, 5) is 9.49. The highest BCUT2D eigenvalue weighted by Crippen LogP contribution is 2.39. The van der Waals surface area contributed by atoms with Gasteiger partial charge >= 0.3 is 0 Å². The van der Waals surface area contributed by atoms with Crippen molar-refractivity contribution in [2.75, 3.05) is 26.7 Å². The van der Waals surface area contributed by atoms with Crippen molar-refractivity contribution in [3.8, 4) is 0 Å². The van der Waals surface area contributed by atoms with E-state index in [0.29, 0.717) is 24.2 Å². The molecule has 0 amide bonds. The van der Waals surface area contributed by atoms with Gasteiger partial charge in [0.05, 0.1) is 12.1 Å². The highest BCUT2D eigenvalue weighted by molar-refractivity contribution is 5.84. The van der Waals surface area contributed by atoms with Crippen molar-refractivity contribution in [3.63, 3.8) is 0 Å². The number of methoxy groups -OCH3 is 1. The molecule has 1 aromatic carbocycles. The SMILES string of the molecule is CO[C@H]1CN(C2CCN(Cc3cn(C(C)C)c4ccccc34)CC2)[C@H]1c1ccncc1. The maximum atomic E-state index is 5.76. The van der Waals surface area contributed by atoms with Gasteiger partial charge in [-0.1, -0.05) is 18.2 Å². The van der Waals surface area contributed by atoms with Crippen molar-refractivity contribution in [2.45, 2.75) is 57.5 Å². The summed E-state index contributed by atoms with van der Waals surface area (Å²) in [6.07, 6.45) is 8.91. The number of likely N-dealkylation sites (tertiary alicyclic amines) is 2. The average Bonchev–Trinajstić information content (AvgIpc) is 3.14. The van der Waals surface area contributed by atoms with Crippen molar-refractivity contribution in [3.05, 3.63) is 66.1 Å². The predicted octanol–water partition coefficient (Wildman–Crippen LogP) is 4.65. The third kappa shape index (κ3) is 3.91. The first-order valence-electron chi connectivity index (χ1n) is 11.6. The summed E-state index contributed by atoms with van der Waals surface area (Å²) in [6, 6.07) is 14.6. The number of pyridine rings is 1. The normalized spacial score (nSPS) is 23.5. The fraction of sp³-hybridized carbons (Fsp3) is 0.500. The molecule has 0 bridgehead atoms. The zero-order valence-corrected chi connectivity index (χ0v) is 18.9. The Labute approximate surface area is 185 Å². The second-order valence-electron chi connectivity index (χ2n) is 9.38. The van der Waals surface area contributed by atoms with E-state index < -0.39 is 0 Å². The Kier molecular flexibility index (Phi) is 5.83. The Hall–Kier alpha value is -2.21. The van der Waals surface area contributed by atoms with Crippen molar-refractivity contribution in [1.82, 2.24) is 19.4 Å². The molecule has 0 N–H and O–H groups in total. The lowest BCUT2D eigenvalue weighted by molar-refractivity contribution is -0.116. The fourth-order valence-electron chi connectivity index (χ4n) is 5.52. The largest absolute Gasteiger partial charge is 0.378 e. The molecule has 0 aliphatic carbocycles. The molecule has 5 heteroatoms. The summed E-state index contributed by atoms with van der Waals surface area (Å²) in [5.41, 5.74) is 4.14. The van der Waals surface area contributed by atoms with E-state index in [-0.39, 0.29) is 0 Å². The van der Waals surface area contributed by atoms with Gasteiger partial charge in [0.2, 0.25) is 0 Å². The molecule has 5 nitrogen and oxygen atoms in total. The Bertz CT molecular complexity index is 1010. The number of piperidine rings is 1. The van der Waals surface area contributed by atoms with Gasteiger partial charge in [-0.25, -0.2) is 0 Å². The van der Waals surface area contributed by atoms with E-state index in [4.69, 9.17) is 4.74 Å². The van der Waals surface area contributed by atoms with E-state index >= 15 is 0 Å². The number of ether oxygens (including phenoxy) is 1. The number of benzene rings is 1. The lowest BCUT2D eigenvalue weighted by atomic mass is 9.87. The summed E-state index contributed by atoms with van der Waals surface area (Å²) >= 11 is 0. The van der Waals surface area contributed by atoms with Crippen LogP contribution < -0.4 is 0 Å². The lowest BCUT2D eigenvalue weighted by Gasteiger charge is -2.53. The van der Waals surface area contributed by atoms with Crippen LogP contribution in [0.25, 0.3) is 10.9 Å². The minimum Gasteiger partial charge on any atom is -0.378 e. The molecule has 0 radical (unpaired) electrons. The van der Waals surface area contributed by atoms with Crippen LogP contribution in [0.15, 0.2) is 55.0 Å². The summed E-state index contributed by atoms with van der Waals surface area (Å²) in [7, 11) is 1.84. The fourth-order valence-corrected chi connectivity index (χ4v) is 5.52. The smallest absolute Gasteiger partial charge is 0.0895 e. The molecule has 2 fully saturated rings. The molecule has 2 aromatic heterocycles. The van der Waals surface area contributed by atoms with Crippen LogP contribution in [0, 0.1) is 0 Å². The van der Waals surface area contributed by atoms with Gasteiger partial charge in [-0.3, -0.25) is 14.8 Å². The van der Waals surface area contributed by atoms with Crippen LogP contribution in [0.4, 0.5) is 0 Å². The molecule has 4 heterocycles. The van der Waals surface area contributed by atoms with Gasteiger partial charge in [0.15, 0.2) is 0 Å². The summed E-state index contributed by atoms with van der Waals surface area (Å²) in [5.74, 6) is 0. The molecule has 31 heavy (non-hydrogen) atoms. The van der Waals surface area contributed by atoms with Crippen molar-refractivity contribution >= 4 is 10.9 Å². The molecule has 0 unspecified atom stereocenters.